The molecule has 0 fully saturated rings. The Morgan fingerprint density at radius 2 is 2.10 bits per heavy atom. The van der Waals surface area contributed by atoms with E-state index in [1.165, 1.54) is 6.07 Å². The van der Waals surface area contributed by atoms with Crippen LogP contribution in [0.15, 0.2) is 6.07 Å². The Kier molecular flexibility index (Phi) is 6.07. The van der Waals surface area contributed by atoms with Gasteiger partial charge in [-0.15, -0.1) is 24.8 Å². The highest BCUT2D eigenvalue weighted by Gasteiger charge is 2.34. The van der Waals surface area contributed by atoms with E-state index in [2.05, 4.69) is 9.72 Å². The highest BCUT2D eigenvalue weighted by atomic mass is 35.5. The van der Waals surface area contributed by atoms with Crippen molar-refractivity contribution in [3.8, 4) is 11.6 Å². The van der Waals surface area contributed by atoms with Crippen molar-refractivity contribution in [2.24, 2.45) is 0 Å². The van der Waals surface area contributed by atoms with Crippen molar-refractivity contribution in [1.82, 2.24) is 4.98 Å². The van der Waals surface area contributed by atoms with Crippen molar-refractivity contribution in [1.29, 1.82) is 0 Å². The van der Waals surface area contributed by atoms with Gasteiger partial charge in [0, 0.05) is 5.56 Å². The standard InChI is InChI=1S/C12H13ClF3NO4/c1-3-20-9(18)5-7-4-8(6-13)17-11(19-2)10(7)21-12(14,15)16/h4H,3,5-6H2,1-2H3. The van der Waals surface area contributed by atoms with Crippen molar-refractivity contribution in [2.75, 3.05) is 13.7 Å². The van der Waals surface area contributed by atoms with Gasteiger partial charge in [-0.2, -0.15) is 0 Å². The quantitative estimate of drug-likeness (QED) is 0.594. The molecule has 0 spiro atoms. The van der Waals surface area contributed by atoms with Crippen LogP contribution < -0.4 is 9.47 Å². The van der Waals surface area contributed by atoms with Gasteiger partial charge in [0.2, 0.25) is 0 Å². The van der Waals surface area contributed by atoms with Crippen LogP contribution in [0.3, 0.4) is 0 Å². The molecule has 0 atom stereocenters. The van der Waals surface area contributed by atoms with E-state index in [4.69, 9.17) is 21.1 Å². The molecule has 0 radical (unpaired) electrons. The van der Waals surface area contributed by atoms with E-state index in [0.29, 0.717) is 0 Å². The van der Waals surface area contributed by atoms with Gasteiger partial charge in [0.1, 0.15) is 0 Å². The Hall–Kier alpha value is -1.70. The highest BCUT2D eigenvalue weighted by molar-refractivity contribution is 6.16. The maximum absolute atomic E-state index is 12.5. The molecule has 0 bridgehead atoms. The number of carbonyl (C=O) groups is 1. The van der Waals surface area contributed by atoms with Crippen LogP contribution in [0, 0.1) is 0 Å². The van der Waals surface area contributed by atoms with Gasteiger partial charge in [-0.25, -0.2) is 4.98 Å². The summed E-state index contributed by atoms with van der Waals surface area (Å²) >= 11 is 5.61. The minimum absolute atomic E-state index is 0.0571. The molecule has 0 aliphatic heterocycles. The first kappa shape index (κ1) is 17.4. The van der Waals surface area contributed by atoms with Crippen molar-refractivity contribution >= 4 is 17.6 Å². The van der Waals surface area contributed by atoms with E-state index < -0.39 is 30.4 Å². The Labute approximate surface area is 124 Å². The number of hydrogen-bond donors (Lipinski definition) is 0. The molecule has 0 aromatic carbocycles. The number of nitrogens with zero attached hydrogens (tertiary/aromatic N) is 1. The van der Waals surface area contributed by atoms with Crippen LogP contribution >= 0.6 is 11.6 Å². The van der Waals surface area contributed by atoms with Crippen LogP contribution in [0.5, 0.6) is 11.6 Å². The third kappa shape index (κ3) is 5.30. The van der Waals surface area contributed by atoms with Crippen LogP contribution in [-0.4, -0.2) is 31.0 Å². The molecule has 5 nitrogen and oxygen atoms in total. The van der Waals surface area contributed by atoms with Crippen molar-refractivity contribution in [3.63, 3.8) is 0 Å². The van der Waals surface area contributed by atoms with Crippen LogP contribution in [0.4, 0.5) is 13.2 Å². The maximum Gasteiger partial charge on any atom is 0.573 e. The topological polar surface area (TPSA) is 57.7 Å². The second-order valence-electron chi connectivity index (χ2n) is 3.77. The van der Waals surface area contributed by atoms with Crippen molar-refractivity contribution < 1.29 is 32.2 Å². The largest absolute Gasteiger partial charge is 0.573 e. The summed E-state index contributed by atoms with van der Waals surface area (Å²) in [7, 11) is 1.14. The lowest BCUT2D eigenvalue weighted by Gasteiger charge is -2.16. The lowest BCUT2D eigenvalue weighted by atomic mass is 10.1. The molecule has 1 aromatic rings. The van der Waals surface area contributed by atoms with Gasteiger partial charge in [-0.05, 0) is 13.0 Å². The summed E-state index contributed by atoms with van der Waals surface area (Å²) < 4.78 is 50.7. The van der Waals surface area contributed by atoms with Gasteiger partial charge in [0.05, 0.1) is 31.7 Å². The number of ether oxygens (including phenoxy) is 3. The maximum atomic E-state index is 12.5. The first-order valence-corrected chi connectivity index (χ1v) is 6.38. The number of rotatable bonds is 6. The third-order valence-corrected chi connectivity index (χ3v) is 2.53. The first-order valence-electron chi connectivity index (χ1n) is 5.84. The Balaban J connectivity index is 3.24. The number of carbonyl (C=O) groups excluding carboxylic acids is 1. The molecule has 1 rings (SSSR count). The smallest absolute Gasteiger partial charge is 0.478 e. The molecule has 0 amide bonds. The molecule has 0 aliphatic carbocycles. The van der Waals surface area contributed by atoms with Gasteiger partial charge in [0.15, 0.2) is 5.75 Å². The zero-order valence-electron chi connectivity index (χ0n) is 11.3. The summed E-state index contributed by atoms with van der Waals surface area (Å²) in [6.07, 6.45) is -5.36. The number of alkyl halides is 4. The summed E-state index contributed by atoms with van der Waals surface area (Å²) in [5.41, 5.74) is 0.190. The second kappa shape index (κ2) is 7.35. The average molecular weight is 328 g/mol. The molecular formula is C12H13ClF3NO4. The Morgan fingerprint density at radius 3 is 2.57 bits per heavy atom. The van der Waals surface area contributed by atoms with Crippen LogP contribution in [-0.2, 0) is 21.8 Å². The van der Waals surface area contributed by atoms with E-state index >= 15 is 0 Å². The number of esters is 1. The Bertz CT molecular complexity index is 508. The summed E-state index contributed by atoms with van der Waals surface area (Å²) in [5.74, 6) is -1.83. The summed E-state index contributed by atoms with van der Waals surface area (Å²) in [6.45, 7) is 1.70. The van der Waals surface area contributed by atoms with E-state index in [1.807, 2.05) is 0 Å². The lowest BCUT2D eigenvalue weighted by Crippen LogP contribution is -2.20. The normalized spacial score (nSPS) is 11.1. The fourth-order valence-corrected chi connectivity index (χ4v) is 1.68. The molecule has 118 valence electrons. The minimum atomic E-state index is -4.94. The third-order valence-electron chi connectivity index (χ3n) is 2.26. The van der Waals surface area contributed by atoms with Crippen LogP contribution in [0.1, 0.15) is 18.2 Å². The zero-order chi connectivity index (χ0) is 16.0. The number of hydrogen-bond acceptors (Lipinski definition) is 5. The van der Waals surface area contributed by atoms with E-state index in [1.54, 1.807) is 6.92 Å². The Morgan fingerprint density at radius 1 is 1.43 bits per heavy atom. The molecule has 0 aliphatic rings. The lowest BCUT2D eigenvalue weighted by molar-refractivity contribution is -0.275. The molecule has 21 heavy (non-hydrogen) atoms. The molecule has 1 heterocycles. The molecule has 1 aromatic heterocycles. The van der Waals surface area contributed by atoms with Gasteiger partial charge in [-0.3, -0.25) is 4.79 Å². The fraction of sp³-hybridized carbons (Fsp3) is 0.500. The van der Waals surface area contributed by atoms with E-state index in [0.717, 1.165) is 7.11 Å². The van der Waals surface area contributed by atoms with Gasteiger partial charge >= 0.3 is 12.3 Å². The average Bonchev–Trinajstić information content (AvgIpc) is 2.39. The monoisotopic (exact) mass is 327 g/mol. The van der Waals surface area contributed by atoms with Crippen molar-refractivity contribution in [3.05, 3.63) is 17.3 Å². The second-order valence-corrected chi connectivity index (χ2v) is 4.04. The van der Waals surface area contributed by atoms with Gasteiger partial charge < -0.3 is 14.2 Å². The minimum Gasteiger partial charge on any atom is -0.478 e. The van der Waals surface area contributed by atoms with Crippen molar-refractivity contribution in [2.45, 2.75) is 25.6 Å². The van der Waals surface area contributed by atoms with Gasteiger partial charge in [0.25, 0.3) is 5.88 Å². The summed E-state index contributed by atoms with van der Waals surface area (Å²) in [4.78, 5) is 15.3. The van der Waals surface area contributed by atoms with Crippen LogP contribution in [0.25, 0.3) is 0 Å². The summed E-state index contributed by atoms with van der Waals surface area (Å²) in [6, 6.07) is 1.24. The number of pyridine rings is 1. The zero-order valence-corrected chi connectivity index (χ0v) is 12.0. The fourth-order valence-electron chi connectivity index (χ4n) is 1.55. The SMILES string of the molecule is CCOC(=O)Cc1cc(CCl)nc(OC)c1OC(F)(F)F. The molecule has 0 saturated carbocycles. The van der Waals surface area contributed by atoms with E-state index in [9.17, 15) is 18.0 Å². The molecule has 9 heteroatoms. The summed E-state index contributed by atoms with van der Waals surface area (Å²) in [5, 5.41) is 0. The predicted octanol–water partition coefficient (Wildman–Crippen LogP) is 2.83. The number of halogens is 4. The van der Waals surface area contributed by atoms with E-state index in [-0.39, 0.29) is 23.7 Å². The van der Waals surface area contributed by atoms with Crippen LogP contribution in [0.2, 0.25) is 0 Å². The molecular weight excluding hydrogens is 315 g/mol. The number of methoxy groups -OCH3 is 1. The highest BCUT2D eigenvalue weighted by Crippen LogP contribution is 2.35. The molecule has 0 saturated heterocycles. The molecule has 0 N–H and O–H groups in total. The first-order chi connectivity index (χ1) is 9.80. The molecule has 0 unspecified atom stereocenters. The predicted molar refractivity (Wildman–Crippen MR) is 67.4 cm³/mol. The van der Waals surface area contributed by atoms with Gasteiger partial charge in [-0.1, -0.05) is 0 Å². The number of aromatic nitrogens is 1.